The van der Waals surface area contributed by atoms with Crippen LogP contribution in [0, 0.1) is 5.82 Å². The van der Waals surface area contributed by atoms with Crippen LogP contribution in [0.5, 0.6) is 0 Å². The Labute approximate surface area is 186 Å². The lowest BCUT2D eigenvalue weighted by molar-refractivity contribution is 0.0106. The number of hydrogen-bond acceptors (Lipinski definition) is 5. The number of piperazine rings is 1. The van der Waals surface area contributed by atoms with Gasteiger partial charge in [-0.15, -0.1) is 0 Å². The number of anilines is 1. The van der Waals surface area contributed by atoms with E-state index >= 15 is 0 Å². The van der Waals surface area contributed by atoms with E-state index < -0.39 is 11.4 Å². The molecular formula is C19H20BrCl2FN4O2. The molecule has 0 bridgehead atoms. The summed E-state index contributed by atoms with van der Waals surface area (Å²) in [5.41, 5.74) is -0.750. The molecular weight excluding hydrogens is 486 g/mol. The van der Waals surface area contributed by atoms with Crippen LogP contribution in [0.3, 0.4) is 0 Å². The summed E-state index contributed by atoms with van der Waals surface area (Å²) in [7, 11) is 0. The number of aromatic nitrogens is 2. The van der Waals surface area contributed by atoms with Crippen molar-refractivity contribution in [1.29, 1.82) is 0 Å². The molecule has 0 atom stereocenters. The lowest BCUT2D eigenvalue weighted by Gasteiger charge is -2.43. The molecule has 1 saturated carbocycles. The molecule has 2 heterocycles. The Morgan fingerprint density at radius 1 is 1.28 bits per heavy atom. The Balaban J connectivity index is 1.68. The van der Waals surface area contributed by atoms with Gasteiger partial charge in [0.25, 0.3) is 0 Å². The van der Waals surface area contributed by atoms with E-state index in [1.54, 1.807) is 6.07 Å². The average Bonchev–Trinajstić information content (AvgIpc) is 3.37. The highest BCUT2D eigenvalue weighted by Gasteiger charge is 2.54. The van der Waals surface area contributed by atoms with Crippen molar-refractivity contribution in [3.63, 3.8) is 0 Å². The Kier molecular flexibility index (Phi) is 5.11. The maximum Gasteiger partial charge on any atom is 0.410 e. The first-order chi connectivity index (χ1) is 13.5. The van der Waals surface area contributed by atoms with E-state index in [-0.39, 0.29) is 31.9 Å². The number of fused-ring (bicyclic) bond motifs is 1. The molecule has 1 aromatic carbocycles. The van der Waals surface area contributed by atoms with Gasteiger partial charge in [0.1, 0.15) is 16.9 Å². The average molecular weight is 506 g/mol. The van der Waals surface area contributed by atoms with Crippen molar-refractivity contribution in [2.24, 2.45) is 0 Å². The van der Waals surface area contributed by atoms with Gasteiger partial charge >= 0.3 is 6.09 Å². The number of carbonyl (C=O) groups excluding carboxylic acids is 1. The number of amides is 1. The van der Waals surface area contributed by atoms with E-state index in [1.165, 1.54) is 0 Å². The van der Waals surface area contributed by atoms with E-state index in [2.05, 4.69) is 25.9 Å². The molecule has 6 nitrogen and oxygen atoms in total. The summed E-state index contributed by atoms with van der Waals surface area (Å²) in [5, 5.41) is 0.678. The number of halogens is 4. The van der Waals surface area contributed by atoms with Crippen LogP contribution in [0.2, 0.25) is 10.3 Å². The lowest BCUT2D eigenvalue weighted by atomic mass is 10.1. The summed E-state index contributed by atoms with van der Waals surface area (Å²) in [4.78, 5) is 24.9. The Bertz CT molecular complexity index is 1010. The van der Waals surface area contributed by atoms with E-state index in [0.717, 1.165) is 12.8 Å². The number of ether oxygens (including phenoxy) is 1. The van der Waals surface area contributed by atoms with Crippen molar-refractivity contribution in [2.75, 3.05) is 24.5 Å². The van der Waals surface area contributed by atoms with Crippen LogP contribution < -0.4 is 4.90 Å². The Hall–Kier alpha value is -1.38. The second-order valence-electron chi connectivity index (χ2n) is 8.48. The zero-order chi connectivity index (χ0) is 21.1. The van der Waals surface area contributed by atoms with Gasteiger partial charge in [-0.25, -0.2) is 14.2 Å². The van der Waals surface area contributed by atoms with E-state index in [4.69, 9.17) is 27.9 Å². The third-order valence-corrected chi connectivity index (χ3v) is 6.64. The zero-order valence-corrected chi connectivity index (χ0v) is 19.3. The first-order valence-corrected chi connectivity index (χ1v) is 10.8. The van der Waals surface area contributed by atoms with Crippen molar-refractivity contribution in [3.8, 4) is 0 Å². The monoisotopic (exact) mass is 504 g/mol. The summed E-state index contributed by atoms with van der Waals surface area (Å²) < 4.78 is 20.4. The quantitative estimate of drug-likeness (QED) is 0.382. The number of rotatable bonds is 1. The third kappa shape index (κ3) is 3.86. The summed E-state index contributed by atoms with van der Waals surface area (Å²) in [6.07, 6.45) is 1.44. The van der Waals surface area contributed by atoms with Crippen LogP contribution >= 0.6 is 39.1 Å². The molecule has 2 aromatic rings. The van der Waals surface area contributed by atoms with Gasteiger partial charge in [0.15, 0.2) is 5.82 Å². The highest BCUT2D eigenvalue weighted by atomic mass is 79.9. The van der Waals surface area contributed by atoms with Crippen LogP contribution in [0.15, 0.2) is 10.5 Å². The van der Waals surface area contributed by atoms with Gasteiger partial charge in [-0.3, -0.25) is 4.90 Å². The molecule has 29 heavy (non-hydrogen) atoms. The fourth-order valence-electron chi connectivity index (χ4n) is 3.70. The topological polar surface area (TPSA) is 58.6 Å². The minimum atomic E-state index is -0.577. The van der Waals surface area contributed by atoms with Crippen LogP contribution in [0.4, 0.5) is 15.0 Å². The van der Waals surface area contributed by atoms with Crippen LogP contribution in [0.1, 0.15) is 33.6 Å². The molecule has 2 fully saturated rings. The molecule has 4 rings (SSSR count). The minimum absolute atomic E-state index is 0.0416. The highest BCUT2D eigenvalue weighted by Crippen LogP contribution is 2.46. The van der Waals surface area contributed by atoms with Crippen molar-refractivity contribution in [3.05, 3.63) is 26.7 Å². The summed E-state index contributed by atoms with van der Waals surface area (Å²) >= 11 is 15.4. The summed E-state index contributed by atoms with van der Waals surface area (Å²) in [5.74, 6) is -0.0602. The molecule has 1 aliphatic carbocycles. The van der Waals surface area contributed by atoms with E-state index in [9.17, 15) is 9.18 Å². The number of hydrogen-bond donors (Lipinski definition) is 0. The summed E-state index contributed by atoms with van der Waals surface area (Å²) in [6.45, 7) is 7.11. The largest absolute Gasteiger partial charge is 0.444 e. The molecule has 1 spiro atoms. The van der Waals surface area contributed by atoms with Gasteiger partial charge in [-0.05, 0) is 67.2 Å². The van der Waals surface area contributed by atoms with Crippen LogP contribution in [0.25, 0.3) is 10.9 Å². The molecule has 10 heteroatoms. The molecule has 2 aliphatic rings. The van der Waals surface area contributed by atoms with Gasteiger partial charge in [0.05, 0.1) is 15.0 Å². The van der Waals surface area contributed by atoms with Gasteiger partial charge in [-0.1, -0.05) is 11.6 Å². The predicted octanol–water partition coefficient (Wildman–Crippen LogP) is 5.43. The Morgan fingerprint density at radius 3 is 2.59 bits per heavy atom. The van der Waals surface area contributed by atoms with Crippen molar-refractivity contribution < 1.29 is 13.9 Å². The van der Waals surface area contributed by atoms with Crippen LogP contribution in [-0.2, 0) is 4.74 Å². The molecule has 0 N–H and O–H groups in total. The van der Waals surface area contributed by atoms with Crippen molar-refractivity contribution in [2.45, 2.75) is 44.8 Å². The van der Waals surface area contributed by atoms with E-state index in [0.29, 0.717) is 30.8 Å². The molecule has 0 radical (unpaired) electrons. The first-order valence-electron chi connectivity index (χ1n) is 9.27. The van der Waals surface area contributed by atoms with Gasteiger partial charge in [0.2, 0.25) is 5.28 Å². The molecule has 1 aromatic heterocycles. The molecule has 156 valence electrons. The standard InChI is InChI=1S/C19H20BrCl2FN4O2/c1-18(2,3)29-17(28)27-7-6-26(9-19(27)4-5-19)15-10-8-11(21)12(20)13(23)14(10)24-16(22)25-15/h8H,4-7,9H2,1-3H3. The molecule has 1 amide bonds. The summed E-state index contributed by atoms with van der Waals surface area (Å²) in [6, 6.07) is 1.63. The maximum absolute atomic E-state index is 14.7. The van der Waals surface area contributed by atoms with E-state index in [1.807, 2.05) is 30.6 Å². The van der Waals surface area contributed by atoms with Crippen LogP contribution in [-0.4, -0.2) is 51.7 Å². The smallest absolute Gasteiger partial charge is 0.410 e. The first kappa shape index (κ1) is 20.9. The molecule has 1 aliphatic heterocycles. The molecule has 1 saturated heterocycles. The number of carbonyl (C=O) groups is 1. The SMILES string of the molecule is CC(C)(C)OC(=O)N1CCN(c2nc(Cl)nc3c(F)c(Br)c(Cl)cc23)CC12CC2. The minimum Gasteiger partial charge on any atom is -0.444 e. The number of nitrogens with zero attached hydrogens (tertiary/aromatic N) is 4. The van der Waals surface area contributed by atoms with Crippen molar-refractivity contribution in [1.82, 2.24) is 14.9 Å². The second kappa shape index (κ2) is 7.10. The fourth-order valence-corrected chi connectivity index (χ4v) is 4.36. The van der Waals surface area contributed by atoms with Gasteiger partial charge in [0, 0.05) is 25.0 Å². The zero-order valence-electron chi connectivity index (χ0n) is 16.2. The number of benzene rings is 1. The van der Waals surface area contributed by atoms with Gasteiger partial charge in [-0.2, -0.15) is 4.98 Å². The fraction of sp³-hybridized carbons (Fsp3) is 0.526. The second-order valence-corrected chi connectivity index (χ2v) is 10.0. The highest BCUT2D eigenvalue weighted by molar-refractivity contribution is 9.10. The van der Waals surface area contributed by atoms with Crippen molar-refractivity contribution >= 4 is 61.9 Å². The maximum atomic E-state index is 14.7. The predicted molar refractivity (Wildman–Crippen MR) is 114 cm³/mol. The third-order valence-electron chi connectivity index (χ3n) is 5.17. The molecule has 0 unspecified atom stereocenters. The normalized spacial score (nSPS) is 18.4. The lowest BCUT2D eigenvalue weighted by Crippen LogP contribution is -2.58. The van der Waals surface area contributed by atoms with Gasteiger partial charge < -0.3 is 9.64 Å². The Morgan fingerprint density at radius 2 is 1.97 bits per heavy atom.